The number of β-amino-alcohol motifs (C(OH)–C–C–N with tert-alkyl or cyclic N) is 1. The molecular formula is C22H28Cl2F2N2O2. The fourth-order valence-electron chi connectivity index (χ4n) is 4.60. The molecule has 166 valence electrons. The molecule has 8 heteroatoms. The minimum atomic E-state index is -0.712. The van der Waals surface area contributed by atoms with Crippen LogP contribution in [-0.2, 0) is 0 Å². The van der Waals surface area contributed by atoms with Gasteiger partial charge in [0.1, 0.15) is 11.6 Å². The number of hydrogen-bond donors (Lipinski definition) is 2. The topological polar surface area (TPSA) is 46.9 Å². The Labute approximate surface area is 188 Å². The molecule has 0 amide bonds. The lowest BCUT2D eigenvalue weighted by Gasteiger charge is -2.39. The predicted molar refractivity (Wildman–Crippen MR) is 118 cm³/mol. The van der Waals surface area contributed by atoms with Crippen LogP contribution in [0.1, 0.15) is 35.1 Å². The summed E-state index contributed by atoms with van der Waals surface area (Å²) in [6.45, 7) is 3.51. The van der Waals surface area contributed by atoms with E-state index in [4.69, 9.17) is 5.11 Å². The van der Waals surface area contributed by atoms with E-state index in [2.05, 4.69) is 9.80 Å². The molecule has 2 N–H and O–H groups in total. The molecule has 0 spiro atoms. The highest BCUT2D eigenvalue weighted by Gasteiger charge is 2.36. The van der Waals surface area contributed by atoms with E-state index in [-0.39, 0.29) is 55.0 Å². The average Bonchev–Trinajstić information content (AvgIpc) is 3.07. The van der Waals surface area contributed by atoms with E-state index >= 15 is 0 Å². The van der Waals surface area contributed by atoms with Gasteiger partial charge in [0.2, 0.25) is 0 Å². The predicted octanol–water partition coefficient (Wildman–Crippen LogP) is 3.36. The van der Waals surface area contributed by atoms with Crippen LogP contribution in [0.25, 0.3) is 0 Å². The second kappa shape index (κ2) is 10.8. The van der Waals surface area contributed by atoms with Crippen molar-refractivity contribution in [2.45, 2.75) is 24.5 Å². The molecule has 1 aliphatic carbocycles. The van der Waals surface area contributed by atoms with Crippen molar-refractivity contribution < 1.29 is 19.0 Å². The number of aliphatic hydroxyl groups excluding tert-OH is 2. The fourth-order valence-corrected chi connectivity index (χ4v) is 4.60. The van der Waals surface area contributed by atoms with E-state index in [1.54, 1.807) is 6.07 Å². The summed E-state index contributed by atoms with van der Waals surface area (Å²) in [4.78, 5) is 4.53. The van der Waals surface area contributed by atoms with Crippen LogP contribution in [0.5, 0.6) is 0 Å². The van der Waals surface area contributed by atoms with Crippen molar-refractivity contribution in [1.82, 2.24) is 9.80 Å². The fraction of sp³-hybridized carbons (Fsp3) is 0.455. The molecule has 4 rings (SSSR count). The third-order valence-electron chi connectivity index (χ3n) is 6.04. The van der Waals surface area contributed by atoms with Crippen molar-refractivity contribution in [3.05, 3.63) is 70.8 Å². The van der Waals surface area contributed by atoms with Gasteiger partial charge >= 0.3 is 0 Å². The summed E-state index contributed by atoms with van der Waals surface area (Å²) in [6.07, 6.45) is 0.139. The number of rotatable bonds is 5. The number of halogens is 4. The molecule has 1 saturated heterocycles. The smallest absolute Gasteiger partial charge is 0.123 e. The lowest BCUT2D eigenvalue weighted by atomic mass is 9.93. The minimum Gasteiger partial charge on any atom is -0.394 e. The van der Waals surface area contributed by atoms with E-state index < -0.39 is 6.10 Å². The normalized spacial score (nSPS) is 22.7. The third-order valence-corrected chi connectivity index (χ3v) is 6.04. The average molecular weight is 461 g/mol. The Morgan fingerprint density at radius 2 is 1.53 bits per heavy atom. The second-order valence-corrected chi connectivity index (χ2v) is 7.80. The van der Waals surface area contributed by atoms with Crippen LogP contribution in [0.2, 0.25) is 0 Å². The SMILES string of the molecule is Cl.Cl.OCC(O)CN1CCN(C2CC(c3ccc(F)cc3)c3ccc(F)cc32)CC1. The first-order valence-electron chi connectivity index (χ1n) is 9.85. The van der Waals surface area contributed by atoms with Gasteiger partial charge in [-0.1, -0.05) is 18.2 Å². The number of hydrogen-bond acceptors (Lipinski definition) is 4. The first-order chi connectivity index (χ1) is 13.5. The van der Waals surface area contributed by atoms with Gasteiger partial charge in [-0.05, 0) is 47.4 Å². The molecule has 30 heavy (non-hydrogen) atoms. The number of benzene rings is 2. The van der Waals surface area contributed by atoms with Crippen LogP contribution < -0.4 is 0 Å². The Hall–Kier alpha value is -1.28. The van der Waals surface area contributed by atoms with Crippen LogP contribution >= 0.6 is 24.8 Å². The van der Waals surface area contributed by atoms with Crippen molar-refractivity contribution in [3.63, 3.8) is 0 Å². The van der Waals surface area contributed by atoms with Gasteiger partial charge in [-0.3, -0.25) is 9.80 Å². The molecular weight excluding hydrogens is 433 g/mol. The third kappa shape index (κ3) is 5.31. The largest absolute Gasteiger partial charge is 0.394 e. The zero-order valence-electron chi connectivity index (χ0n) is 16.6. The molecule has 0 aromatic heterocycles. The molecule has 3 unspecified atom stereocenters. The van der Waals surface area contributed by atoms with Gasteiger partial charge in [0.05, 0.1) is 12.7 Å². The summed E-state index contributed by atoms with van der Waals surface area (Å²) in [7, 11) is 0. The summed E-state index contributed by atoms with van der Waals surface area (Å²) in [5.74, 6) is -0.345. The molecule has 1 aliphatic heterocycles. The molecule has 2 aromatic carbocycles. The summed E-state index contributed by atoms with van der Waals surface area (Å²) in [5.41, 5.74) is 3.20. The minimum absolute atomic E-state index is 0. The maximum Gasteiger partial charge on any atom is 0.123 e. The zero-order chi connectivity index (χ0) is 19.7. The van der Waals surface area contributed by atoms with Gasteiger partial charge in [-0.2, -0.15) is 0 Å². The first kappa shape index (κ1) is 25.0. The zero-order valence-corrected chi connectivity index (χ0v) is 18.2. The van der Waals surface area contributed by atoms with Gasteiger partial charge in [0.25, 0.3) is 0 Å². The number of fused-ring (bicyclic) bond motifs is 1. The van der Waals surface area contributed by atoms with Crippen molar-refractivity contribution in [1.29, 1.82) is 0 Å². The molecule has 2 aliphatic rings. The standard InChI is InChI=1S/C22H26F2N2O2.2ClH/c23-16-3-1-15(2-4-16)20-12-22(21-11-17(24)5-6-19(20)21)26-9-7-25(8-10-26)13-18(28)14-27;;/h1-6,11,18,20,22,27-28H,7-10,12-14H2;2*1H. The quantitative estimate of drug-likeness (QED) is 0.717. The maximum atomic E-state index is 14.0. The van der Waals surface area contributed by atoms with Crippen molar-refractivity contribution in [2.75, 3.05) is 39.3 Å². The van der Waals surface area contributed by atoms with Crippen LogP contribution in [-0.4, -0.2) is 65.4 Å². The summed E-state index contributed by atoms with van der Waals surface area (Å²) < 4.78 is 27.3. The molecule has 1 heterocycles. The lowest BCUT2D eigenvalue weighted by molar-refractivity contribution is 0.0306. The van der Waals surface area contributed by atoms with E-state index in [0.29, 0.717) is 6.54 Å². The molecule has 0 bridgehead atoms. The highest BCUT2D eigenvalue weighted by Crippen LogP contribution is 2.47. The molecule has 0 radical (unpaired) electrons. The summed E-state index contributed by atoms with van der Waals surface area (Å²) in [6, 6.07) is 11.8. The molecule has 0 saturated carbocycles. The van der Waals surface area contributed by atoms with Gasteiger partial charge in [0, 0.05) is 44.7 Å². The lowest BCUT2D eigenvalue weighted by Crippen LogP contribution is -2.49. The molecule has 3 atom stereocenters. The van der Waals surface area contributed by atoms with E-state index in [1.807, 2.05) is 18.2 Å². The Morgan fingerprint density at radius 1 is 0.900 bits per heavy atom. The summed E-state index contributed by atoms with van der Waals surface area (Å²) >= 11 is 0. The number of aliphatic hydroxyl groups is 2. The van der Waals surface area contributed by atoms with E-state index in [1.165, 1.54) is 18.2 Å². The van der Waals surface area contributed by atoms with E-state index in [0.717, 1.165) is 49.3 Å². The van der Waals surface area contributed by atoms with Crippen LogP contribution in [0, 0.1) is 11.6 Å². The van der Waals surface area contributed by atoms with Gasteiger partial charge in [-0.25, -0.2) is 8.78 Å². The number of piperazine rings is 1. The monoisotopic (exact) mass is 460 g/mol. The van der Waals surface area contributed by atoms with Gasteiger partial charge < -0.3 is 10.2 Å². The molecule has 4 nitrogen and oxygen atoms in total. The summed E-state index contributed by atoms with van der Waals surface area (Å²) in [5, 5.41) is 18.7. The second-order valence-electron chi connectivity index (χ2n) is 7.80. The van der Waals surface area contributed by atoms with Crippen LogP contribution in [0.3, 0.4) is 0 Å². The van der Waals surface area contributed by atoms with Crippen LogP contribution in [0.15, 0.2) is 42.5 Å². The van der Waals surface area contributed by atoms with Crippen molar-refractivity contribution in [3.8, 4) is 0 Å². The highest BCUT2D eigenvalue weighted by atomic mass is 35.5. The Morgan fingerprint density at radius 3 is 2.17 bits per heavy atom. The Bertz CT molecular complexity index is 817. The van der Waals surface area contributed by atoms with E-state index in [9.17, 15) is 13.9 Å². The maximum absolute atomic E-state index is 14.0. The van der Waals surface area contributed by atoms with Gasteiger partial charge in [0.15, 0.2) is 0 Å². The Kier molecular flexibility index (Phi) is 9.03. The molecule has 2 aromatic rings. The first-order valence-corrected chi connectivity index (χ1v) is 9.85. The number of nitrogens with zero attached hydrogens (tertiary/aromatic N) is 2. The van der Waals surface area contributed by atoms with Crippen molar-refractivity contribution >= 4 is 24.8 Å². The van der Waals surface area contributed by atoms with Crippen molar-refractivity contribution in [2.24, 2.45) is 0 Å². The highest BCUT2D eigenvalue weighted by molar-refractivity contribution is 5.85. The van der Waals surface area contributed by atoms with Gasteiger partial charge in [-0.15, -0.1) is 24.8 Å². The van der Waals surface area contributed by atoms with Crippen LogP contribution in [0.4, 0.5) is 8.78 Å². The Balaban J connectivity index is 0.00000160. The molecule has 1 fully saturated rings.